The van der Waals surface area contributed by atoms with Crippen molar-refractivity contribution in [1.82, 2.24) is 9.78 Å². The summed E-state index contributed by atoms with van der Waals surface area (Å²) in [4.78, 5) is 0. The van der Waals surface area contributed by atoms with E-state index in [4.69, 9.17) is 16.7 Å². The molecule has 0 spiro atoms. The van der Waals surface area contributed by atoms with E-state index in [0.29, 0.717) is 5.02 Å². The first-order valence-corrected chi connectivity index (χ1v) is 5.01. The quantitative estimate of drug-likeness (QED) is 0.847. The van der Waals surface area contributed by atoms with Crippen LogP contribution in [0.5, 0.6) is 0 Å². The van der Waals surface area contributed by atoms with Crippen molar-refractivity contribution in [2.75, 3.05) is 0 Å². The van der Waals surface area contributed by atoms with Gasteiger partial charge in [0.1, 0.15) is 0 Å². The van der Waals surface area contributed by atoms with Crippen LogP contribution in [-0.4, -0.2) is 14.9 Å². The molecule has 78 valence electrons. The first kappa shape index (κ1) is 10.2. The van der Waals surface area contributed by atoms with E-state index in [1.807, 2.05) is 31.2 Å². The molecule has 0 fully saturated rings. The van der Waals surface area contributed by atoms with Crippen LogP contribution in [0.1, 0.15) is 11.3 Å². The second-order valence-electron chi connectivity index (χ2n) is 3.29. The van der Waals surface area contributed by atoms with Gasteiger partial charge in [-0.1, -0.05) is 23.7 Å². The van der Waals surface area contributed by atoms with E-state index < -0.39 is 0 Å². The number of aliphatic hydroxyl groups excluding tert-OH is 1. The largest absolute Gasteiger partial charge is 0.392 e. The Balaban J connectivity index is 2.50. The Hall–Kier alpha value is -1.32. The first-order chi connectivity index (χ1) is 7.22. The summed E-state index contributed by atoms with van der Waals surface area (Å²) in [5.74, 6) is 0. The van der Waals surface area contributed by atoms with E-state index in [-0.39, 0.29) is 6.61 Å². The number of nitrogens with zero attached hydrogens (tertiary/aromatic N) is 2. The van der Waals surface area contributed by atoms with Crippen molar-refractivity contribution in [3.05, 3.63) is 46.7 Å². The van der Waals surface area contributed by atoms with Gasteiger partial charge in [-0.15, -0.1) is 0 Å². The van der Waals surface area contributed by atoms with E-state index in [1.165, 1.54) is 0 Å². The molecule has 0 bridgehead atoms. The number of aromatic nitrogens is 2. The van der Waals surface area contributed by atoms with Gasteiger partial charge in [0.2, 0.25) is 0 Å². The second-order valence-corrected chi connectivity index (χ2v) is 3.70. The lowest BCUT2D eigenvalue weighted by molar-refractivity contribution is 0.281. The fraction of sp³-hybridized carbons (Fsp3) is 0.182. The summed E-state index contributed by atoms with van der Waals surface area (Å²) in [5.41, 5.74) is 2.45. The van der Waals surface area contributed by atoms with Crippen LogP contribution in [-0.2, 0) is 6.61 Å². The average molecular weight is 223 g/mol. The molecule has 1 N–H and O–H groups in total. The molecule has 0 unspecified atom stereocenters. The molecule has 0 aliphatic heterocycles. The van der Waals surface area contributed by atoms with Gasteiger partial charge in [0, 0.05) is 11.8 Å². The van der Waals surface area contributed by atoms with Crippen molar-refractivity contribution in [3.63, 3.8) is 0 Å². The summed E-state index contributed by atoms with van der Waals surface area (Å²) in [6.07, 6.45) is 1.79. The van der Waals surface area contributed by atoms with Crippen molar-refractivity contribution in [2.24, 2.45) is 0 Å². The Morgan fingerprint density at radius 1 is 1.40 bits per heavy atom. The van der Waals surface area contributed by atoms with Gasteiger partial charge < -0.3 is 5.11 Å². The third kappa shape index (κ3) is 1.89. The third-order valence-electron chi connectivity index (χ3n) is 2.27. The van der Waals surface area contributed by atoms with E-state index in [9.17, 15) is 0 Å². The number of para-hydroxylation sites is 1. The molecule has 1 heterocycles. The Kier molecular flexibility index (Phi) is 2.75. The lowest BCUT2D eigenvalue weighted by Gasteiger charge is -2.02. The molecule has 0 saturated carbocycles. The summed E-state index contributed by atoms with van der Waals surface area (Å²) >= 11 is 6.04. The monoisotopic (exact) mass is 222 g/mol. The first-order valence-electron chi connectivity index (χ1n) is 4.63. The van der Waals surface area contributed by atoms with Gasteiger partial charge in [-0.25, -0.2) is 4.68 Å². The van der Waals surface area contributed by atoms with Crippen molar-refractivity contribution in [3.8, 4) is 5.69 Å². The third-order valence-corrected chi connectivity index (χ3v) is 2.59. The number of hydrogen-bond donors (Lipinski definition) is 1. The van der Waals surface area contributed by atoms with E-state index >= 15 is 0 Å². The van der Waals surface area contributed by atoms with Crippen molar-refractivity contribution >= 4 is 11.6 Å². The summed E-state index contributed by atoms with van der Waals surface area (Å²) < 4.78 is 1.68. The van der Waals surface area contributed by atoms with Gasteiger partial charge >= 0.3 is 0 Å². The van der Waals surface area contributed by atoms with Crippen LogP contribution in [0.3, 0.4) is 0 Å². The number of aryl methyl sites for hydroxylation is 1. The van der Waals surface area contributed by atoms with Crippen molar-refractivity contribution in [1.29, 1.82) is 0 Å². The van der Waals surface area contributed by atoms with Crippen LogP contribution in [0.25, 0.3) is 5.69 Å². The number of hydrogen-bond acceptors (Lipinski definition) is 2. The van der Waals surface area contributed by atoms with Crippen LogP contribution in [0.4, 0.5) is 0 Å². The summed E-state index contributed by atoms with van der Waals surface area (Å²) in [6, 6.07) is 7.47. The smallest absolute Gasteiger partial charge is 0.0831 e. The molecular weight excluding hydrogens is 212 g/mol. The van der Waals surface area contributed by atoms with E-state index in [0.717, 1.165) is 16.9 Å². The molecule has 0 aliphatic carbocycles. The predicted octanol–water partition coefficient (Wildman–Crippen LogP) is 2.33. The molecule has 3 nitrogen and oxygen atoms in total. The maximum absolute atomic E-state index is 9.06. The van der Waals surface area contributed by atoms with Crippen molar-refractivity contribution in [2.45, 2.75) is 13.5 Å². The van der Waals surface area contributed by atoms with Gasteiger partial charge in [0.25, 0.3) is 0 Å². The molecule has 15 heavy (non-hydrogen) atoms. The van der Waals surface area contributed by atoms with Gasteiger partial charge in [-0.05, 0) is 19.1 Å². The highest BCUT2D eigenvalue weighted by molar-refractivity contribution is 6.32. The minimum Gasteiger partial charge on any atom is -0.392 e. The molecule has 0 atom stereocenters. The Labute approximate surface area is 92.9 Å². The zero-order valence-corrected chi connectivity index (χ0v) is 9.07. The molecule has 4 heteroatoms. The highest BCUT2D eigenvalue weighted by atomic mass is 35.5. The normalized spacial score (nSPS) is 10.6. The molecule has 0 aliphatic rings. The minimum atomic E-state index is -0.00368. The molecule has 2 aromatic rings. The maximum Gasteiger partial charge on any atom is 0.0831 e. The zero-order valence-electron chi connectivity index (χ0n) is 8.31. The fourth-order valence-electron chi connectivity index (χ4n) is 1.41. The second kappa shape index (κ2) is 4.04. The number of aliphatic hydroxyl groups is 1. The maximum atomic E-state index is 9.06. The predicted molar refractivity (Wildman–Crippen MR) is 59.2 cm³/mol. The van der Waals surface area contributed by atoms with Crippen LogP contribution >= 0.6 is 11.6 Å². The van der Waals surface area contributed by atoms with Gasteiger partial charge in [-0.3, -0.25) is 0 Å². The minimum absolute atomic E-state index is 0.00368. The number of rotatable bonds is 2. The molecule has 1 aromatic carbocycles. The molecule has 2 rings (SSSR count). The van der Waals surface area contributed by atoms with Crippen LogP contribution < -0.4 is 0 Å². The van der Waals surface area contributed by atoms with Crippen molar-refractivity contribution < 1.29 is 5.11 Å². The van der Waals surface area contributed by atoms with Crippen LogP contribution in [0.2, 0.25) is 5.02 Å². The lowest BCUT2D eigenvalue weighted by Crippen LogP contribution is -1.95. The van der Waals surface area contributed by atoms with E-state index in [2.05, 4.69) is 5.10 Å². The molecular formula is C11H11ClN2O. The van der Waals surface area contributed by atoms with Crippen LogP contribution in [0.15, 0.2) is 30.5 Å². The summed E-state index contributed by atoms with van der Waals surface area (Å²) in [7, 11) is 0. The highest BCUT2D eigenvalue weighted by Gasteiger charge is 2.07. The van der Waals surface area contributed by atoms with E-state index in [1.54, 1.807) is 10.9 Å². The standard InChI is InChI=1S/C11H11ClN2O/c1-8-9(7-15)6-14(13-8)11-5-3-2-4-10(11)12/h2-6,15H,7H2,1H3. The highest BCUT2D eigenvalue weighted by Crippen LogP contribution is 2.20. The molecule has 0 amide bonds. The SMILES string of the molecule is Cc1nn(-c2ccccc2Cl)cc1CO. The van der Waals surface area contributed by atoms with Gasteiger partial charge in [0.15, 0.2) is 0 Å². The van der Waals surface area contributed by atoms with Gasteiger partial charge in [-0.2, -0.15) is 5.10 Å². The number of halogens is 1. The number of benzene rings is 1. The van der Waals surface area contributed by atoms with Crippen LogP contribution in [0, 0.1) is 6.92 Å². The fourth-order valence-corrected chi connectivity index (χ4v) is 1.63. The Morgan fingerprint density at radius 2 is 2.13 bits per heavy atom. The van der Waals surface area contributed by atoms with Gasteiger partial charge in [0.05, 0.1) is 23.0 Å². The Morgan fingerprint density at radius 3 is 2.73 bits per heavy atom. The Bertz CT molecular complexity index is 479. The average Bonchev–Trinajstić information content (AvgIpc) is 2.60. The summed E-state index contributed by atoms with van der Waals surface area (Å²) in [6.45, 7) is 1.86. The lowest BCUT2D eigenvalue weighted by atomic mass is 10.3. The molecule has 0 saturated heterocycles. The topological polar surface area (TPSA) is 38.0 Å². The molecule has 0 radical (unpaired) electrons. The summed E-state index contributed by atoms with van der Waals surface area (Å²) in [5, 5.41) is 14.0. The zero-order chi connectivity index (χ0) is 10.8. The molecule has 1 aromatic heterocycles.